The first kappa shape index (κ1) is 24.6. The minimum Gasteiger partial charge on any atom is -0.487 e. The fourth-order valence-electron chi connectivity index (χ4n) is 3.90. The third-order valence-electron chi connectivity index (χ3n) is 5.71. The molecule has 5 nitrogen and oxygen atoms in total. The number of hydrogen-bond acceptors (Lipinski definition) is 4. The largest absolute Gasteiger partial charge is 0.487 e. The Morgan fingerprint density at radius 3 is 2.38 bits per heavy atom. The van der Waals surface area contributed by atoms with Gasteiger partial charge in [-0.2, -0.15) is 0 Å². The highest BCUT2D eigenvalue weighted by molar-refractivity contribution is 7.21. The van der Waals surface area contributed by atoms with Crippen molar-refractivity contribution in [2.24, 2.45) is 0 Å². The van der Waals surface area contributed by atoms with Gasteiger partial charge in [0, 0.05) is 32.9 Å². The van der Waals surface area contributed by atoms with Crippen LogP contribution in [-0.2, 0) is 13.2 Å². The highest BCUT2D eigenvalue weighted by Crippen LogP contribution is 2.38. The second kappa shape index (κ2) is 11.3. The number of carbonyl (C=O) groups is 2. The van der Waals surface area contributed by atoms with Crippen molar-refractivity contribution < 1.29 is 14.3 Å². The molecule has 0 bridgehead atoms. The van der Waals surface area contributed by atoms with Gasteiger partial charge in [0.05, 0.1) is 0 Å². The smallest absolute Gasteiger partial charge is 0.265 e. The molecular weight excluding hydrogens is 504 g/mol. The van der Waals surface area contributed by atoms with Crippen molar-refractivity contribution in [1.82, 2.24) is 5.32 Å². The van der Waals surface area contributed by atoms with E-state index in [9.17, 15) is 9.59 Å². The van der Waals surface area contributed by atoms with E-state index in [0.29, 0.717) is 40.1 Å². The average Bonchev–Trinajstić information content (AvgIpc) is 3.30. The van der Waals surface area contributed by atoms with Gasteiger partial charge in [-0.15, -0.1) is 11.3 Å². The molecule has 2 amide bonds. The third kappa shape index (κ3) is 6.00. The van der Waals surface area contributed by atoms with Crippen LogP contribution in [0.15, 0.2) is 103 Å². The first-order valence-corrected chi connectivity index (χ1v) is 12.9. The Bertz CT molecular complexity index is 1570. The van der Waals surface area contributed by atoms with Gasteiger partial charge in [-0.1, -0.05) is 72.3 Å². The molecule has 184 valence electrons. The molecule has 0 radical (unpaired) electrons. The Hall–Kier alpha value is -4.13. The van der Waals surface area contributed by atoms with Crippen molar-refractivity contribution in [3.8, 4) is 5.75 Å². The van der Waals surface area contributed by atoms with Crippen LogP contribution in [0, 0.1) is 0 Å². The van der Waals surface area contributed by atoms with E-state index >= 15 is 0 Å². The van der Waals surface area contributed by atoms with Crippen molar-refractivity contribution >= 4 is 50.5 Å². The molecule has 5 rings (SSSR count). The topological polar surface area (TPSA) is 67.4 Å². The van der Waals surface area contributed by atoms with Crippen LogP contribution in [0.1, 0.15) is 31.2 Å². The summed E-state index contributed by atoms with van der Waals surface area (Å²) in [5, 5.41) is 7.29. The summed E-state index contributed by atoms with van der Waals surface area (Å²) in [5.74, 6) is 0.122. The van der Waals surface area contributed by atoms with Gasteiger partial charge in [0.2, 0.25) is 0 Å². The normalized spacial score (nSPS) is 10.7. The molecule has 0 aliphatic rings. The lowest BCUT2D eigenvalue weighted by Gasteiger charge is -2.10. The number of fused-ring (bicyclic) bond motifs is 1. The number of halogens is 1. The maximum absolute atomic E-state index is 13.2. The van der Waals surface area contributed by atoms with E-state index in [0.717, 1.165) is 21.2 Å². The lowest BCUT2D eigenvalue weighted by molar-refractivity contribution is 0.0950. The molecule has 0 saturated heterocycles. The van der Waals surface area contributed by atoms with E-state index in [4.69, 9.17) is 16.3 Å². The van der Waals surface area contributed by atoms with Gasteiger partial charge in [-0.3, -0.25) is 9.59 Å². The summed E-state index contributed by atoms with van der Waals surface area (Å²) >= 11 is 7.41. The maximum Gasteiger partial charge on any atom is 0.265 e. The number of benzene rings is 4. The zero-order valence-electron chi connectivity index (χ0n) is 19.7. The molecule has 0 spiro atoms. The van der Waals surface area contributed by atoms with Crippen molar-refractivity contribution in [1.29, 1.82) is 0 Å². The van der Waals surface area contributed by atoms with Crippen molar-refractivity contribution in [2.75, 3.05) is 5.32 Å². The van der Waals surface area contributed by atoms with E-state index in [-0.39, 0.29) is 11.8 Å². The number of hydrogen-bond donors (Lipinski definition) is 2. The van der Waals surface area contributed by atoms with Gasteiger partial charge in [-0.25, -0.2) is 0 Å². The number of anilines is 1. The fourth-order valence-corrected chi connectivity index (χ4v) is 5.15. The lowest BCUT2D eigenvalue weighted by atomic mass is 10.1. The molecule has 0 unspecified atom stereocenters. The predicted molar refractivity (Wildman–Crippen MR) is 150 cm³/mol. The lowest BCUT2D eigenvalue weighted by Crippen LogP contribution is -2.22. The summed E-state index contributed by atoms with van der Waals surface area (Å²) in [7, 11) is 0. The van der Waals surface area contributed by atoms with Gasteiger partial charge in [0.1, 0.15) is 11.5 Å². The summed E-state index contributed by atoms with van der Waals surface area (Å²) in [6.07, 6.45) is 0. The van der Waals surface area contributed by atoms with E-state index < -0.39 is 0 Å². The quantitative estimate of drug-likeness (QED) is 0.222. The molecule has 5 aromatic rings. The summed E-state index contributed by atoms with van der Waals surface area (Å²) in [6, 6.07) is 31.8. The number of rotatable bonds is 8. The highest BCUT2D eigenvalue weighted by Gasteiger charge is 2.20. The zero-order chi connectivity index (χ0) is 25.6. The zero-order valence-corrected chi connectivity index (χ0v) is 21.3. The van der Waals surface area contributed by atoms with Gasteiger partial charge in [0.25, 0.3) is 11.8 Å². The average molecular weight is 527 g/mol. The van der Waals surface area contributed by atoms with Gasteiger partial charge < -0.3 is 15.4 Å². The van der Waals surface area contributed by atoms with Crippen LogP contribution in [0.4, 0.5) is 5.69 Å². The number of amides is 2. The van der Waals surface area contributed by atoms with E-state index in [1.165, 1.54) is 11.3 Å². The van der Waals surface area contributed by atoms with Gasteiger partial charge >= 0.3 is 0 Å². The second-order valence-corrected chi connectivity index (χ2v) is 9.87. The highest BCUT2D eigenvalue weighted by atomic mass is 35.5. The first-order chi connectivity index (χ1) is 18.1. The predicted octanol–water partition coefficient (Wildman–Crippen LogP) is 7.32. The van der Waals surface area contributed by atoms with Crippen molar-refractivity contribution in [3.05, 3.63) is 130 Å². The summed E-state index contributed by atoms with van der Waals surface area (Å²) in [6.45, 7) is 0.669. The van der Waals surface area contributed by atoms with Gasteiger partial charge in [0.15, 0.2) is 5.75 Å². The van der Waals surface area contributed by atoms with Crippen molar-refractivity contribution in [3.63, 3.8) is 0 Å². The minimum atomic E-state index is -0.255. The van der Waals surface area contributed by atoms with E-state index in [2.05, 4.69) is 10.6 Å². The Morgan fingerprint density at radius 1 is 0.784 bits per heavy atom. The number of carbonyl (C=O) groups excluding carboxylic acids is 2. The monoisotopic (exact) mass is 526 g/mol. The van der Waals surface area contributed by atoms with Crippen LogP contribution >= 0.6 is 22.9 Å². The van der Waals surface area contributed by atoms with Crippen LogP contribution in [0.5, 0.6) is 5.75 Å². The standard InChI is InChI=1S/C30H23ClN2O3S/c31-23-12-7-11-22(17-23)29(34)33-24-13-6-10-21(16-24)18-32-30(35)28-27(25-14-4-5-15-26(25)37-28)36-19-20-8-2-1-3-9-20/h1-17H,18-19H2,(H,32,35)(H,33,34). The van der Waals surface area contributed by atoms with E-state index in [1.807, 2.05) is 72.8 Å². The number of nitrogens with one attached hydrogen (secondary N) is 2. The molecule has 4 aromatic carbocycles. The summed E-state index contributed by atoms with van der Waals surface area (Å²) in [5.41, 5.74) is 2.98. The Morgan fingerprint density at radius 2 is 1.54 bits per heavy atom. The van der Waals surface area contributed by atoms with Crippen LogP contribution in [0.2, 0.25) is 5.02 Å². The second-order valence-electron chi connectivity index (χ2n) is 8.38. The molecule has 7 heteroatoms. The molecule has 0 atom stereocenters. The maximum atomic E-state index is 13.2. The molecular formula is C30H23ClN2O3S. The molecule has 1 heterocycles. The SMILES string of the molecule is O=C(Nc1cccc(CNC(=O)c2sc3ccccc3c2OCc2ccccc2)c1)c1cccc(Cl)c1. The van der Waals surface area contributed by atoms with Crippen LogP contribution in [0.25, 0.3) is 10.1 Å². The summed E-state index contributed by atoms with van der Waals surface area (Å²) in [4.78, 5) is 26.3. The van der Waals surface area contributed by atoms with Crippen LogP contribution in [-0.4, -0.2) is 11.8 Å². The fraction of sp³-hybridized carbons (Fsp3) is 0.0667. The Kier molecular flexibility index (Phi) is 7.49. The number of thiophene rings is 1. The number of ether oxygens (including phenoxy) is 1. The molecule has 1 aromatic heterocycles. The van der Waals surface area contributed by atoms with Gasteiger partial charge in [-0.05, 0) is 53.6 Å². The molecule has 0 aliphatic carbocycles. The molecule has 0 fully saturated rings. The van der Waals surface area contributed by atoms with Crippen LogP contribution < -0.4 is 15.4 Å². The van der Waals surface area contributed by atoms with Crippen LogP contribution in [0.3, 0.4) is 0 Å². The third-order valence-corrected chi connectivity index (χ3v) is 7.09. The molecule has 0 saturated carbocycles. The minimum absolute atomic E-state index is 0.211. The van der Waals surface area contributed by atoms with Crippen molar-refractivity contribution in [2.45, 2.75) is 13.2 Å². The first-order valence-electron chi connectivity index (χ1n) is 11.7. The molecule has 0 aliphatic heterocycles. The molecule has 2 N–H and O–H groups in total. The molecule has 37 heavy (non-hydrogen) atoms. The summed E-state index contributed by atoms with van der Waals surface area (Å²) < 4.78 is 7.14. The van der Waals surface area contributed by atoms with E-state index in [1.54, 1.807) is 30.3 Å². The Labute approximate surface area is 223 Å². The Balaban J connectivity index is 1.29.